The standard InChI is InChI=1S/C23H26N4O3S/c1-26-13-15-27(16-14-26)23(28)20(17-18-7-3-2-4-8-18)25-31(29,30)21-11-5-9-19-10-6-12-24-22(19)21/h2-12,20,25H,13-17H2,1H3. The molecule has 1 aliphatic heterocycles. The summed E-state index contributed by atoms with van der Waals surface area (Å²) in [4.78, 5) is 21.6. The maximum absolute atomic E-state index is 13.4. The third-order valence-electron chi connectivity index (χ3n) is 5.58. The van der Waals surface area contributed by atoms with E-state index in [0.717, 1.165) is 24.0 Å². The smallest absolute Gasteiger partial charge is 0.243 e. The predicted octanol–water partition coefficient (Wildman–Crippen LogP) is 1.90. The van der Waals surface area contributed by atoms with E-state index in [1.54, 1.807) is 23.2 Å². The van der Waals surface area contributed by atoms with E-state index in [4.69, 9.17) is 0 Å². The van der Waals surface area contributed by atoms with E-state index in [2.05, 4.69) is 14.6 Å². The number of para-hydroxylation sites is 1. The van der Waals surface area contributed by atoms with Gasteiger partial charge in [-0.2, -0.15) is 4.72 Å². The number of piperazine rings is 1. The molecule has 0 radical (unpaired) electrons. The number of aromatic nitrogens is 1. The van der Waals surface area contributed by atoms with Crippen LogP contribution < -0.4 is 4.72 Å². The third kappa shape index (κ3) is 4.92. The molecule has 1 saturated heterocycles. The van der Waals surface area contributed by atoms with E-state index >= 15 is 0 Å². The largest absolute Gasteiger partial charge is 0.339 e. The lowest BCUT2D eigenvalue weighted by Gasteiger charge is -2.34. The van der Waals surface area contributed by atoms with E-state index in [0.29, 0.717) is 18.6 Å². The lowest BCUT2D eigenvalue weighted by molar-refractivity contribution is -0.134. The monoisotopic (exact) mass is 438 g/mol. The second-order valence-electron chi connectivity index (χ2n) is 7.82. The van der Waals surface area contributed by atoms with Crippen LogP contribution in [-0.4, -0.2) is 68.4 Å². The molecule has 1 unspecified atom stereocenters. The number of benzene rings is 2. The number of pyridine rings is 1. The zero-order valence-electron chi connectivity index (χ0n) is 17.4. The molecule has 1 aromatic heterocycles. The van der Waals surface area contributed by atoms with Gasteiger partial charge in [-0.15, -0.1) is 0 Å². The molecule has 8 heteroatoms. The Labute approximate surface area is 182 Å². The Morgan fingerprint density at radius 3 is 2.45 bits per heavy atom. The highest BCUT2D eigenvalue weighted by atomic mass is 32.2. The van der Waals surface area contributed by atoms with Crippen LogP contribution in [0.1, 0.15) is 5.56 Å². The number of hydrogen-bond donors (Lipinski definition) is 1. The van der Waals surface area contributed by atoms with Gasteiger partial charge in [-0.25, -0.2) is 8.42 Å². The second-order valence-corrected chi connectivity index (χ2v) is 9.51. The topological polar surface area (TPSA) is 82.6 Å². The summed E-state index contributed by atoms with van der Waals surface area (Å²) >= 11 is 0. The molecule has 1 N–H and O–H groups in total. The molecule has 7 nitrogen and oxygen atoms in total. The van der Waals surface area contributed by atoms with Gasteiger partial charge in [-0.1, -0.05) is 48.5 Å². The molecule has 162 valence electrons. The van der Waals surface area contributed by atoms with Crippen LogP contribution in [0.15, 0.2) is 71.8 Å². The lowest BCUT2D eigenvalue weighted by atomic mass is 10.1. The quantitative estimate of drug-likeness (QED) is 0.636. The van der Waals surface area contributed by atoms with Crippen LogP contribution in [-0.2, 0) is 21.2 Å². The molecular weight excluding hydrogens is 412 g/mol. The molecule has 0 spiro atoms. The minimum atomic E-state index is -3.97. The first kappa shape index (κ1) is 21.4. The summed E-state index contributed by atoms with van der Waals surface area (Å²) in [7, 11) is -1.96. The molecule has 4 rings (SSSR count). The van der Waals surface area contributed by atoms with Crippen molar-refractivity contribution in [1.82, 2.24) is 19.5 Å². The Morgan fingerprint density at radius 2 is 1.71 bits per heavy atom. The Kier molecular flexibility index (Phi) is 6.31. The van der Waals surface area contributed by atoms with Crippen molar-refractivity contribution in [2.24, 2.45) is 0 Å². The van der Waals surface area contributed by atoms with Crippen molar-refractivity contribution in [3.05, 3.63) is 72.4 Å². The molecule has 3 aromatic rings. The van der Waals surface area contributed by atoms with Crippen LogP contribution in [0.4, 0.5) is 0 Å². The van der Waals surface area contributed by atoms with Gasteiger partial charge >= 0.3 is 0 Å². The number of nitrogens with one attached hydrogen (secondary N) is 1. The molecule has 1 amide bonds. The predicted molar refractivity (Wildman–Crippen MR) is 120 cm³/mol. The fourth-order valence-electron chi connectivity index (χ4n) is 3.82. The first-order valence-corrected chi connectivity index (χ1v) is 11.8. The van der Waals surface area contributed by atoms with Crippen LogP contribution >= 0.6 is 0 Å². The van der Waals surface area contributed by atoms with Gasteiger partial charge < -0.3 is 9.80 Å². The normalized spacial score (nSPS) is 16.4. The van der Waals surface area contributed by atoms with E-state index in [-0.39, 0.29) is 17.2 Å². The van der Waals surface area contributed by atoms with Crippen molar-refractivity contribution in [2.75, 3.05) is 33.2 Å². The highest BCUT2D eigenvalue weighted by Crippen LogP contribution is 2.21. The zero-order valence-corrected chi connectivity index (χ0v) is 18.3. The summed E-state index contributed by atoms with van der Waals surface area (Å²) in [6.45, 7) is 2.70. The Balaban J connectivity index is 1.65. The number of amides is 1. The van der Waals surface area contributed by atoms with Crippen molar-refractivity contribution in [3.8, 4) is 0 Å². The molecule has 1 atom stereocenters. The van der Waals surface area contributed by atoms with Crippen molar-refractivity contribution in [3.63, 3.8) is 0 Å². The van der Waals surface area contributed by atoms with E-state index in [1.807, 2.05) is 49.5 Å². The van der Waals surface area contributed by atoms with Crippen molar-refractivity contribution < 1.29 is 13.2 Å². The third-order valence-corrected chi connectivity index (χ3v) is 7.08. The van der Waals surface area contributed by atoms with Crippen LogP contribution in [0.3, 0.4) is 0 Å². The van der Waals surface area contributed by atoms with Gasteiger partial charge in [0, 0.05) is 37.8 Å². The van der Waals surface area contributed by atoms with E-state index in [9.17, 15) is 13.2 Å². The minimum Gasteiger partial charge on any atom is -0.339 e. The van der Waals surface area contributed by atoms with Gasteiger partial charge in [-0.05, 0) is 31.2 Å². The van der Waals surface area contributed by atoms with Crippen LogP contribution in [0.25, 0.3) is 10.9 Å². The van der Waals surface area contributed by atoms with Crippen LogP contribution in [0.5, 0.6) is 0 Å². The number of hydrogen-bond acceptors (Lipinski definition) is 5. The number of carbonyl (C=O) groups is 1. The first-order chi connectivity index (χ1) is 14.9. The van der Waals surface area contributed by atoms with Crippen molar-refractivity contribution in [2.45, 2.75) is 17.4 Å². The summed E-state index contributed by atoms with van der Waals surface area (Å²) in [6, 6.07) is 17.2. The highest BCUT2D eigenvalue weighted by Gasteiger charge is 2.31. The Morgan fingerprint density at radius 1 is 1.00 bits per heavy atom. The van der Waals surface area contributed by atoms with Gasteiger partial charge in [0.15, 0.2) is 0 Å². The number of carbonyl (C=O) groups excluding carboxylic acids is 1. The number of nitrogens with zero attached hydrogens (tertiary/aromatic N) is 3. The number of likely N-dealkylation sites (N-methyl/N-ethyl adjacent to an activating group) is 1. The molecule has 2 aromatic carbocycles. The number of sulfonamides is 1. The summed E-state index contributed by atoms with van der Waals surface area (Å²) in [6.07, 6.45) is 1.85. The maximum atomic E-state index is 13.4. The summed E-state index contributed by atoms with van der Waals surface area (Å²) in [5.41, 5.74) is 1.29. The summed E-state index contributed by atoms with van der Waals surface area (Å²) in [5, 5.41) is 0.732. The Hall–Kier alpha value is -2.81. The fraction of sp³-hybridized carbons (Fsp3) is 0.304. The van der Waals surface area contributed by atoms with E-state index in [1.165, 1.54) is 6.07 Å². The molecule has 1 aliphatic rings. The molecule has 1 fully saturated rings. The van der Waals surface area contributed by atoms with Crippen molar-refractivity contribution >= 4 is 26.8 Å². The second kappa shape index (κ2) is 9.13. The van der Waals surface area contributed by atoms with E-state index < -0.39 is 16.1 Å². The highest BCUT2D eigenvalue weighted by molar-refractivity contribution is 7.89. The van der Waals surface area contributed by atoms with Gasteiger partial charge in [0.25, 0.3) is 0 Å². The molecule has 0 aliphatic carbocycles. The minimum absolute atomic E-state index is 0.0786. The zero-order chi connectivity index (χ0) is 21.8. The van der Waals surface area contributed by atoms with Gasteiger partial charge in [-0.3, -0.25) is 9.78 Å². The summed E-state index contributed by atoms with van der Waals surface area (Å²) in [5.74, 6) is -0.200. The Bertz CT molecular complexity index is 1150. The molecule has 0 saturated carbocycles. The molecule has 0 bridgehead atoms. The SMILES string of the molecule is CN1CCN(C(=O)C(Cc2ccccc2)NS(=O)(=O)c2cccc3cccnc23)CC1. The van der Waals surface area contributed by atoms with Gasteiger partial charge in [0.05, 0.1) is 5.52 Å². The van der Waals surface area contributed by atoms with Crippen molar-refractivity contribution in [1.29, 1.82) is 0 Å². The molecule has 2 heterocycles. The van der Waals surface area contributed by atoms with Gasteiger partial charge in [0.2, 0.25) is 15.9 Å². The van der Waals surface area contributed by atoms with Crippen LogP contribution in [0, 0.1) is 0 Å². The average molecular weight is 439 g/mol. The first-order valence-electron chi connectivity index (χ1n) is 10.3. The summed E-state index contributed by atoms with van der Waals surface area (Å²) < 4.78 is 29.4. The molecule has 31 heavy (non-hydrogen) atoms. The average Bonchev–Trinajstić information content (AvgIpc) is 2.79. The van der Waals surface area contributed by atoms with Crippen LogP contribution in [0.2, 0.25) is 0 Å². The van der Waals surface area contributed by atoms with Gasteiger partial charge in [0.1, 0.15) is 10.9 Å². The fourth-order valence-corrected chi connectivity index (χ4v) is 5.19. The lowest BCUT2D eigenvalue weighted by Crippen LogP contribution is -2.54. The number of rotatable bonds is 6. The number of fused-ring (bicyclic) bond motifs is 1. The molecular formula is C23H26N4O3S. The maximum Gasteiger partial charge on any atom is 0.243 e.